The predicted molar refractivity (Wildman–Crippen MR) is 106 cm³/mol. The van der Waals surface area contributed by atoms with E-state index in [0.717, 1.165) is 12.2 Å². The number of hydrogen-bond donors (Lipinski definition) is 4. The van der Waals surface area contributed by atoms with Gasteiger partial charge in [0.05, 0.1) is 11.9 Å². The molecule has 34 heavy (non-hydrogen) atoms. The number of carbonyl (C=O) groups excluding carboxylic acids is 6. The number of nitrogens with one attached hydrogen (secondary N) is 4. The van der Waals surface area contributed by atoms with Crippen LogP contribution in [0.5, 0.6) is 0 Å². The average molecular weight is 496 g/mol. The van der Waals surface area contributed by atoms with Gasteiger partial charge in [0.15, 0.2) is 0 Å². The van der Waals surface area contributed by atoms with E-state index in [1.807, 2.05) is 0 Å². The molecule has 0 aromatic heterocycles. The van der Waals surface area contributed by atoms with Crippen molar-refractivity contribution in [2.75, 3.05) is 13.1 Å². The molecule has 0 bridgehead atoms. The molecule has 0 aromatic rings. The third-order valence-corrected chi connectivity index (χ3v) is 4.45. The Balaban J connectivity index is 0. The van der Waals surface area contributed by atoms with Crippen LogP contribution in [0.2, 0.25) is 0 Å². The van der Waals surface area contributed by atoms with Crippen LogP contribution in [0, 0.1) is 0 Å². The molecule has 1 fully saturated rings. The van der Waals surface area contributed by atoms with E-state index in [-0.39, 0.29) is 70.9 Å². The maximum atomic E-state index is 12.2. The van der Waals surface area contributed by atoms with Gasteiger partial charge in [-0.2, -0.15) is 0 Å². The first kappa shape index (κ1) is 34.5. The second kappa shape index (κ2) is 19.6. The zero-order valence-electron chi connectivity index (χ0n) is 19.4. The van der Waals surface area contributed by atoms with Gasteiger partial charge >= 0.3 is 59.1 Å². The van der Waals surface area contributed by atoms with Gasteiger partial charge in [-0.25, -0.2) is 0 Å². The quantitative estimate of drug-likeness (QED) is 0.103. The van der Waals surface area contributed by atoms with Crippen molar-refractivity contribution in [3.05, 3.63) is 24.3 Å². The van der Waals surface area contributed by atoms with Crippen LogP contribution in [0.25, 0.3) is 0 Å². The summed E-state index contributed by atoms with van der Waals surface area (Å²) in [7, 11) is 0. The number of amides is 4. The van der Waals surface area contributed by atoms with Crippen molar-refractivity contribution in [2.24, 2.45) is 0 Å². The Kier molecular flexibility index (Phi) is 19.9. The Morgan fingerprint density at radius 3 is 1.35 bits per heavy atom. The van der Waals surface area contributed by atoms with E-state index in [2.05, 4.69) is 21.3 Å². The number of unbranched alkanes of at least 4 members (excludes halogenated alkanes) is 2. The minimum atomic E-state index is -1.47. The van der Waals surface area contributed by atoms with Gasteiger partial charge in [-0.3, -0.25) is 19.2 Å². The first-order valence-corrected chi connectivity index (χ1v) is 10.1. The molecule has 0 spiro atoms. The van der Waals surface area contributed by atoms with Gasteiger partial charge in [-0.15, -0.1) is 0 Å². The van der Waals surface area contributed by atoms with Crippen molar-refractivity contribution in [3.63, 3.8) is 0 Å². The zero-order valence-corrected chi connectivity index (χ0v) is 23.4. The van der Waals surface area contributed by atoms with Gasteiger partial charge in [0.1, 0.15) is 12.1 Å². The summed E-state index contributed by atoms with van der Waals surface area (Å²) in [4.78, 5) is 67.4. The number of hydrogen-bond acceptors (Lipinski definition) is 8. The predicted octanol–water partition coefficient (Wildman–Crippen LogP) is -9.84. The van der Waals surface area contributed by atoms with Crippen molar-refractivity contribution in [1.29, 1.82) is 0 Å². The smallest absolute Gasteiger partial charge is 0.545 e. The fourth-order valence-corrected chi connectivity index (χ4v) is 2.86. The number of carboxylic acid groups (broad SMARTS) is 2. The second-order valence-corrected chi connectivity index (χ2v) is 7.00. The van der Waals surface area contributed by atoms with Crippen LogP contribution in [0.3, 0.4) is 0 Å². The van der Waals surface area contributed by atoms with Gasteiger partial charge in [0.2, 0.25) is 23.6 Å². The number of rotatable bonds is 14. The molecule has 1 saturated heterocycles. The Bertz CT molecular complexity index is 725. The largest absolute Gasteiger partial charge is 1.00 e. The average Bonchev–Trinajstić information content (AvgIpc) is 2.73. The van der Waals surface area contributed by atoms with Crippen molar-refractivity contribution >= 4 is 35.6 Å². The van der Waals surface area contributed by atoms with Crippen molar-refractivity contribution in [3.8, 4) is 0 Å². The van der Waals surface area contributed by atoms with Gasteiger partial charge in [-0.05, 0) is 50.7 Å². The molecule has 0 aliphatic carbocycles. The molecule has 0 aromatic carbocycles. The van der Waals surface area contributed by atoms with E-state index in [4.69, 9.17) is 0 Å². The maximum Gasteiger partial charge on any atom is 1.00 e. The summed E-state index contributed by atoms with van der Waals surface area (Å²) in [6.07, 6.45) is 5.93. The minimum Gasteiger partial charge on any atom is -0.545 e. The summed E-state index contributed by atoms with van der Waals surface area (Å²) in [5.74, 6) is -4.64. The van der Waals surface area contributed by atoms with E-state index in [0.29, 0.717) is 63.8 Å². The molecular formula is C20H26N4Na2O8. The molecule has 0 saturated carbocycles. The van der Waals surface area contributed by atoms with Crippen LogP contribution in [0.15, 0.2) is 24.3 Å². The van der Waals surface area contributed by atoms with Crippen LogP contribution < -0.4 is 90.6 Å². The van der Waals surface area contributed by atoms with E-state index in [1.54, 1.807) is 0 Å². The monoisotopic (exact) mass is 496 g/mol. The van der Waals surface area contributed by atoms with Gasteiger partial charge in [0.25, 0.3) is 0 Å². The SMILES string of the molecule is O=C([O-])C=CC(=O)NCCCCC1NC(=O)C(CCCCNC(=O)/C=C/C(=O)[O-])NC1=O.[Na+].[Na+]. The Hall–Kier alpha value is -1.70. The summed E-state index contributed by atoms with van der Waals surface area (Å²) >= 11 is 0. The molecule has 14 heteroatoms. The molecule has 1 aliphatic rings. The summed E-state index contributed by atoms with van der Waals surface area (Å²) in [6, 6.07) is -1.33. The molecule has 1 heterocycles. The van der Waals surface area contributed by atoms with E-state index in [9.17, 15) is 39.0 Å². The Morgan fingerprint density at radius 2 is 1.03 bits per heavy atom. The molecule has 0 radical (unpaired) electrons. The van der Waals surface area contributed by atoms with E-state index >= 15 is 0 Å². The standard InChI is InChI=1S/C20H28N4O8.2Na/c25-15(7-9-17(27)28)21-11-3-1-5-13-19(31)24-14(20(32)23-13)6-2-4-12-22-16(26)8-10-18(29)30;;/h7-10,13-14H,1-6,11-12H2,(H,21,25)(H,22,26)(H,23,32)(H,24,31)(H,27,28)(H,29,30);;/q;2*+1/p-2/b9-7+,10-8?;;. The fraction of sp³-hybridized carbons (Fsp3) is 0.500. The van der Waals surface area contributed by atoms with Gasteiger partial charge in [-0.1, -0.05) is 0 Å². The molecule has 176 valence electrons. The summed E-state index contributed by atoms with van der Waals surface area (Å²) in [6.45, 7) is 0.585. The van der Waals surface area contributed by atoms with E-state index in [1.165, 1.54) is 0 Å². The fourth-order valence-electron chi connectivity index (χ4n) is 2.86. The number of piperazine rings is 1. The van der Waals surface area contributed by atoms with Crippen molar-refractivity contribution < 1.29 is 98.1 Å². The van der Waals surface area contributed by atoms with Crippen LogP contribution >= 0.6 is 0 Å². The van der Waals surface area contributed by atoms with Crippen LogP contribution in [-0.4, -0.2) is 60.7 Å². The molecule has 2 unspecified atom stereocenters. The molecule has 1 aliphatic heterocycles. The third kappa shape index (κ3) is 16.0. The summed E-state index contributed by atoms with van der Waals surface area (Å²) < 4.78 is 0. The maximum absolute atomic E-state index is 12.2. The minimum absolute atomic E-state index is 0. The van der Waals surface area contributed by atoms with Gasteiger partial charge < -0.3 is 41.1 Å². The second-order valence-electron chi connectivity index (χ2n) is 7.00. The molecule has 12 nitrogen and oxygen atoms in total. The number of carboxylic acids is 2. The summed E-state index contributed by atoms with van der Waals surface area (Å²) in [5, 5.41) is 30.7. The topological polar surface area (TPSA) is 197 Å². The molecule has 2 atom stereocenters. The molecule has 4 N–H and O–H groups in total. The number of carbonyl (C=O) groups is 6. The first-order valence-electron chi connectivity index (χ1n) is 10.1. The molecule has 4 amide bonds. The van der Waals surface area contributed by atoms with Crippen molar-refractivity contribution in [2.45, 2.75) is 50.6 Å². The van der Waals surface area contributed by atoms with Crippen LogP contribution in [0.1, 0.15) is 38.5 Å². The molecular weight excluding hydrogens is 470 g/mol. The first-order chi connectivity index (χ1) is 15.2. The van der Waals surface area contributed by atoms with Crippen LogP contribution in [-0.2, 0) is 28.8 Å². The van der Waals surface area contributed by atoms with Gasteiger partial charge in [0, 0.05) is 25.2 Å². The van der Waals surface area contributed by atoms with Crippen molar-refractivity contribution in [1.82, 2.24) is 21.3 Å². The van der Waals surface area contributed by atoms with E-state index < -0.39 is 35.8 Å². The molecule has 1 rings (SSSR count). The zero-order chi connectivity index (χ0) is 23.9. The normalized spacial score (nSPS) is 17.2. The number of aliphatic carboxylic acids is 2. The summed E-state index contributed by atoms with van der Waals surface area (Å²) in [5.41, 5.74) is 0. The Labute approximate surface area is 241 Å². The third-order valence-electron chi connectivity index (χ3n) is 4.45. The Morgan fingerprint density at radius 1 is 0.676 bits per heavy atom. The van der Waals surface area contributed by atoms with Crippen LogP contribution in [0.4, 0.5) is 0 Å².